The number of nitrogens with zero attached hydrogens (tertiary/aromatic N) is 1. The first-order valence-corrected chi connectivity index (χ1v) is 7.40. The minimum atomic E-state index is -1.25. The van der Waals surface area contributed by atoms with E-state index in [1.54, 1.807) is 0 Å². The number of aliphatic hydroxyl groups is 2. The number of aryl methyl sites for hydroxylation is 1. The van der Waals surface area contributed by atoms with E-state index in [-0.39, 0.29) is 6.42 Å². The Balaban J connectivity index is 2.23. The third kappa shape index (κ3) is 3.34. The van der Waals surface area contributed by atoms with Crippen LogP contribution in [0.15, 0.2) is 15.8 Å². The van der Waals surface area contributed by atoms with Crippen LogP contribution in [-0.4, -0.2) is 44.4 Å². The lowest BCUT2D eigenvalue weighted by atomic mass is 10.2. The van der Waals surface area contributed by atoms with E-state index in [4.69, 9.17) is 4.74 Å². The summed E-state index contributed by atoms with van der Waals surface area (Å²) in [5.41, 5.74) is -0.860. The van der Waals surface area contributed by atoms with Crippen LogP contribution in [0.25, 0.3) is 0 Å². The van der Waals surface area contributed by atoms with Crippen LogP contribution < -0.4 is 11.2 Å². The van der Waals surface area contributed by atoms with Gasteiger partial charge < -0.3 is 14.9 Å². The summed E-state index contributed by atoms with van der Waals surface area (Å²) < 4.78 is 21.5. The fraction of sp³-hybridized carbons (Fsp3) is 0.667. The molecule has 2 rings (SSSR count). The highest BCUT2D eigenvalue weighted by atomic mass is 31.1. The van der Waals surface area contributed by atoms with E-state index in [0.29, 0.717) is 5.56 Å². The molecule has 1 saturated carbocycles. The molecule has 1 heterocycles. The number of ether oxygens (including phenoxy) is 1. The predicted octanol–water partition coefficient (Wildman–Crippen LogP) is -0.534. The van der Waals surface area contributed by atoms with Gasteiger partial charge in [-0.05, 0) is 20.3 Å². The quantitative estimate of drug-likeness (QED) is 0.488. The van der Waals surface area contributed by atoms with Gasteiger partial charge in [0.1, 0.15) is 12.2 Å². The molecule has 0 amide bonds. The second-order valence-electron chi connectivity index (χ2n) is 5.19. The molecule has 0 bridgehead atoms. The van der Waals surface area contributed by atoms with Gasteiger partial charge in [-0.2, -0.15) is 0 Å². The molecule has 0 spiro atoms. The molecular weight excluding hydrogens is 315 g/mol. The number of aliphatic hydroxyl groups excluding tert-OH is 2. The van der Waals surface area contributed by atoms with Gasteiger partial charge >= 0.3 is 14.4 Å². The van der Waals surface area contributed by atoms with E-state index < -0.39 is 50.6 Å². The fourth-order valence-electron chi connectivity index (χ4n) is 2.54. The number of nitrogens with one attached hydrogen (secondary N) is 1. The van der Waals surface area contributed by atoms with Crippen LogP contribution in [0.1, 0.15) is 24.9 Å². The number of aromatic amines is 1. The summed E-state index contributed by atoms with van der Waals surface area (Å²) >= 11 is 0. The maximum Gasteiger partial charge on any atom is 0.329 e. The Hall–Kier alpha value is -1.38. The molecule has 0 aliphatic heterocycles. The van der Waals surface area contributed by atoms with E-state index in [9.17, 15) is 24.4 Å². The van der Waals surface area contributed by atoms with Gasteiger partial charge in [-0.1, -0.05) is 0 Å². The molecule has 1 aliphatic rings. The highest BCUT2D eigenvalue weighted by Gasteiger charge is 2.44. The van der Waals surface area contributed by atoms with Gasteiger partial charge in [0, 0.05) is 11.8 Å². The first-order valence-electron chi connectivity index (χ1n) is 6.67. The van der Waals surface area contributed by atoms with Crippen molar-refractivity contribution in [3.8, 4) is 0 Å². The normalized spacial score (nSPS) is 29.8. The standard InChI is InChI=1S/C12H17N2O7P/c1-5-4-14(12(18)13-11(5)17)7-3-8(10(16)9(7)15)20-6(2)21-22-19/h4,6-10,15-16H,3H2,1-2H3,(H,13,17,18). The Kier molecular flexibility index (Phi) is 5.25. The Morgan fingerprint density at radius 2 is 2.09 bits per heavy atom. The van der Waals surface area contributed by atoms with Crippen molar-refractivity contribution in [3.63, 3.8) is 0 Å². The number of aromatic nitrogens is 2. The maximum absolute atomic E-state index is 11.9. The third-order valence-electron chi connectivity index (χ3n) is 3.66. The van der Waals surface area contributed by atoms with Gasteiger partial charge in [0.2, 0.25) is 0 Å². The molecule has 1 aliphatic carbocycles. The summed E-state index contributed by atoms with van der Waals surface area (Å²) in [5.74, 6) is 0. The van der Waals surface area contributed by atoms with Crippen LogP contribution in [0.2, 0.25) is 0 Å². The van der Waals surface area contributed by atoms with Crippen molar-refractivity contribution >= 4 is 8.69 Å². The van der Waals surface area contributed by atoms with Crippen molar-refractivity contribution in [1.82, 2.24) is 9.55 Å². The Labute approximate surface area is 126 Å². The molecule has 5 atom stereocenters. The molecule has 22 heavy (non-hydrogen) atoms. The minimum absolute atomic E-state index is 0.136. The molecular formula is C12H17N2O7P. The van der Waals surface area contributed by atoms with Crippen molar-refractivity contribution in [3.05, 3.63) is 32.6 Å². The first kappa shape index (κ1) is 17.0. The van der Waals surface area contributed by atoms with Gasteiger partial charge in [0.25, 0.3) is 5.56 Å². The molecule has 5 unspecified atom stereocenters. The van der Waals surface area contributed by atoms with E-state index in [1.165, 1.54) is 24.6 Å². The molecule has 1 fully saturated rings. The average Bonchev–Trinajstić information content (AvgIpc) is 2.71. The van der Waals surface area contributed by atoms with Crippen LogP contribution in [-0.2, 0) is 13.8 Å². The Bertz CT molecular complexity index is 658. The van der Waals surface area contributed by atoms with Gasteiger partial charge in [0.15, 0.2) is 6.29 Å². The summed E-state index contributed by atoms with van der Waals surface area (Å²) in [5, 5.41) is 20.1. The van der Waals surface area contributed by atoms with Crippen LogP contribution in [0, 0.1) is 6.92 Å². The summed E-state index contributed by atoms with van der Waals surface area (Å²) in [7, 11) is -0.561. The molecule has 0 radical (unpaired) electrons. The van der Waals surface area contributed by atoms with Gasteiger partial charge in [-0.3, -0.25) is 18.9 Å². The van der Waals surface area contributed by atoms with Crippen LogP contribution in [0.4, 0.5) is 0 Å². The highest BCUT2D eigenvalue weighted by molar-refractivity contribution is 7.17. The largest absolute Gasteiger partial charge is 0.388 e. The Morgan fingerprint density at radius 3 is 2.73 bits per heavy atom. The van der Waals surface area contributed by atoms with Gasteiger partial charge in [0.05, 0.1) is 12.1 Å². The van der Waals surface area contributed by atoms with Crippen LogP contribution in [0.3, 0.4) is 0 Å². The molecule has 0 saturated heterocycles. The monoisotopic (exact) mass is 332 g/mol. The fourth-order valence-corrected chi connectivity index (χ4v) is 2.71. The molecule has 9 nitrogen and oxygen atoms in total. The molecule has 0 aromatic carbocycles. The maximum atomic E-state index is 11.9. The first-order chi connectivity index (χ1) is 10.3. The van der Waals surface area contributed by atoms with E-state index >= 15 is 0 Å². The van der Waals surface area contributed by atoms with Crippen molar-refractivity contribution in [2.45, 2.75) is 50.9 Å². The molecule has 3 N–H and O–H groups in total. The Morgan fingerprint density at radius 1 is 1.41 bits per heavy atom. The lowest BCUT2D eigenvalue weighted by Gasteiger charge is -2.19. The van der Waals surface area contributed by atoms with E-state index in [1.807, 2.05) is 0 Å². The van der Waals surface area contributed by atoms with E-state index in [0.717, 1.165) is 0 Å². The molecule has 10 heteroatoms. The van der Waals surface area contributed by atoms with Gasteiger partial charge in [-0.25, -0.2) is 9.36 Å². The topological polar surface area (TPSA) is 131 Å². The summed E-state index contributed by atoms with van der Waals surface area (Å²) in [6.45, 7) is 3.03. The van der Waals surface area contributed by atoms with Gasteiger partial charge in [-0.15, -0.1) is 0 Å². The SMILES string of the molecule is Cc1cn(C2CC(OC(C)OP=O)C(O)C2O)c(=O)[nH]c1=O. The van der Waals surface area contributed by atoms with Crippen LogP contribution in [0.5, 0.6) is 0 Å². The summed E-state index contributed by atoms with van der Waals surface area (Å²) in [4.78, 5) is 25.4. The average molecular weight is 332 g/mol. The van der Waals surface area contributed by atoms with Crippen molar-refractivity contribution in [1.29, 1.82) is 0 Å². The lowest BCUT2D eigenvalue weighted by molar-refractivity contribution is -0.139. The van der Waals surface area contributed by atoms with Crippen LogP contribution >= 0.6 is 8.69 Å². The zero-order chi connectivity index (χ0) is 16.4. The summed E-state index contributed by atoms with van der Waals surface area (Å²) in [6, 6.07) is -0.750. The number of hydrogen-bond donors (Lipinski definition) is 3. The third-order valence-corrected chi connectivity index (χ3v) is 4.04. The van der Waals surface area contributed by atoms with Crippen molar-refractivity contribution in [2.75, 3.05) is 0 Å². The zero-order valence-corrected chi connectivity index (χ0v) is 12.9. The predicted molar refractivity (Wildman–Crippen MR) is 74.8 cm³/mol. The second kappa shape index (κ2) is 6.80. The second-order valence-corrected chi connectivity index (χ2v) is 5.54. The minimum Gasteiger partial charge on any atom is -0.388 e. The molecule has 122 valence electrons. The number of H-pyrrole nitrogens is 1. The number of hydrogen-bond acceptors (Lipinski definition) is 7. The highest BCUT2D eigenvalue weighted by Crippen LogP contribution is 2.33. The lowest BCUT2D eigenvalue weighted by Crippen LogP contribution is -2.38. The molecule has 1 aromatic heterocycles. The van der Waals surface area contributed by atoms with E-state index in [2.05, 4.69) is 9.51 Å². The summed E-state index contributed by atoms with van der Waals surface area (Å²) in [6.07, 6.45) is -2.66. The van der Waals surface area contributed by atoms with Crippen molar-refractivity contribution < 1.29 is 24.0 Å². The smallest absolute Gasteiger partial charge is 0.329 e. The molecule has 1 aromatic rings. The number of rotatable bonds is 5. The zero-order valence-electron chi connectivity index (χ0n) is 12.0. The van der Waals surface area contributed by atoms with Crippen molar-refractivity contribution in [2.24, 2.45) is 0 Å².